The number of nitriles is 2. The largest absolute Gasteiger partial charge is 0.294 e. The van der Waals surface area contributed by atoms with E-state index < -0.39 is 5.25 Å². The zero-order valence-corrected chi connectivity index (χ0v) is 15.4. The number of allylic oxidation sites excluding steroid dienone is 1. The summed E-state index contributed by atoms with van der Waals surface area (Å²) in [5, 5.41) is 18.1. The molecule has 0 aliphatic carbocycles. The summed E-state index contributed by atoms with van der Waals surface area (Å²) in [5.74, 6) is -0.449. The van der Waals surface area contributed by atoms with Crippen LogP contribution in [0.4, 0.5) is 5.69 Å². The number of anilines is 1. The van der Waals surface area contributed by atoms with Crippen molar-refractivity contribution in [1.29, 1.82) is 10.5 Å². The summed E-state index contributed by atoms with van der Waals surface area (Å²) in [4.78, 5) is 26.9. The molecule has 1 unspecified atom stereocenters. The molecule has 1 fully saturated rings. The SMILES string of the molecule is Cc1ccc(C(=O)CC2SC(=C(C#N)C#N)N(c3ccccc3)C2=O)cc1. The Morgan fingerprint density at radius 2 is 1.70 bits per heavy atom. The van der Waals surface area contributed by atoms with Crippen molar-refractivity contribution in [2.75, 3.05) is 4.90 Å². The first-order valence-corrected chi connectivity index (χ1v) is 9.13. The second kappa shape index (κ2) is 7.90. The Labute approximate surface area is 161 Å². The van der Waals surface area contributed by atoms with Gasteiger partial charge in [0.15, 0.2) is 11.4 Å². The maximum Gasteiger partial charge on any atom is 0.246 e. The van der Waals surface area contributed by atoms with Crippen molar-refractivity contribution in [2.24, 2.45) is 0 Å². The van der Waals surface area contributed by atoms with Gasteiger partial charge in [0.05, 0.1) is 5.25 Å². The van der Waals surface area contributed by atoms with E-state index in [1.807, 2.05) is 37.3 Å². The number of benzene rings is 2. The number of aryl methyl sites for hydroxylation is 1. The standard InChI is InChI=1S/C21H15N3O2S/c1-14-7-9-15(10-8-14)18(25)11-19-20(26)24(17-5-3-2-4-6-17)21(27-19)16(12-22)13-23/h2-10,19H,11H2,1H3. The van der Waals surface area contributed by atoms with Gasteiger partial charge in [0.25, 0.3) is 0 Å². The number of rotatable bonds is 4. The van der Waals surface area contributed by atoms with Crippen molar-refractivity contribution >= 4 is 29.1 Å². The molecule has 1 atom stereocenters. The zero-order chi connectivity index (χ0) is 19.4. The first-order chi connectivity index (χ1) is 13.0. The zero-order valence-electron chi connectivity index (χ0n) is 14.5. The number of para-hydroxylation sites is 1. The second-order valence-electron chi connectivity index (χ2n) is 6.01. The Kier molecular flexibility index (Phi) is 5.40. The van der Waals surface area contributed by atoms with Gasteiger partial charge in [-0.15, -0.1) is 0 Å². The third-order valence-electron chi connectivity index (χ3n) is 4.15. The van der Waals surface area contributed by atoms with Crippen LogP contribution in [0.5, 0.6) is 0 Å². The molecule has 132 valence electrons. The van der Waals surface area contributed by atoms with Crippen molar-refractivity contribution in [3.63, 3.8) is 0 Å². The molecule has 0 bridgehead atoms. The molecule has 27 heavy (non-hydrogen) atoms. The average Bonchev–Trinajstić information content (AvgIpc) is 3.00. The molecule has 5 nitrogen and oxygen atoms in total. The molecule has 1 aliphatic rings. The lowest BCUT2D eigenvalue weighted by molar-refractivity contribution is -0.117. The minimum absolute atomic E-state index is 0.00350. The highest BCUT2D eigenvalue weighted by Crippen LogP contribution is 2.42. The van der Waals surface area contributed by atoms with Gasteiger partial charge in [-0.2, -0.15) is 10.5 Å². The topological polar surface area (TPSA) is 85.0 Å². The van der Waals surface area contributed by atoms with Crippen LogP contribution < -0.4 is 4.90 Å². The molecule has 0 radical (unpaired) electrons. The van der Waals surface area contributed by atoms with E-state index in [0.29, 0.717) is 11.3 Å². The van der Waals surface area contributed by atoms with E-state index in [0.717, 1.165) is 17.3 Å². The highest BCUT2D eigenvalue weighted by atomic mass is 32.2. The minimum Gasteiger partial charge on any atom is -0.294 e. The van der Waals surface area contributed by atoms with Crippen LogP contribution in [0.1, 0.15) is 22.3 Å². The van der Waals surface area contributed by atoms with Crippen LogP contribution in [0.2, 0.25) is 0 Å². The fraction of sp³-hybridized carbons (Fsp3) is 0.143. The summed E-state index contributed by atoms with van der Waals surface area (Å²) in [6, 6.07) is 19.7. The highest BCUT2D eigenvalue weighted by Gasteiger charge is 2.40. The molecule has 0 spiro atoms. The number of amides is 1. The lowest BCUT2D eigenvalue weighted by Crippen LogP contribution is -2.30. The predicted octanol–water partition coefficient (Wildman–Crippen LogP) is 3.98. The summed E-state index contributed by atoms with van der Waals surface area (Å²) < 4.78 is 0. The van der Waals surface area contributed by atoms with Crippen molar-refractivity contribution in [1.82, 2.24) is 0 Å². The molecule has 1 heterocycles. The van der Waals surface area contributed by atoms with E-state index in [4.69, 9.17) is 0 Å². The Morgan fingerprint density at radius 1 is 1.07 bits per heavy atom. The fourth-order valence-corrected chi connectivity index (χ4v) is 3.97. The van der Waals surface area contributed by atoms with Crippen LogP contribution in [0, 0.1) is 29.6 Å². The molecule has 0 N–H and O–H groups in total. The molecule has 1 amide bonds. The van der Waals surface area contributed by atoms with E-state index in [9.17, 15) is 20.1 Å². The van der Waals surface area contributed by atoms with Gasteiger partial charge < -0.3 is 0 Å². The number of Topliss-reactive ketones (excluding diaryl/α,β-unsaturated/α-hetero) is 1. The van der Waals surface area contributed by atoms with Crippen molar-refractivity contribution in [2.45, 2.75) is 18.6 Å². The van der Waals surface area contributed by atoms with Gasteiger partial charge in [-0.25, -0.2) is 0 Å². The number of carbonyl (C=O) groups excluding carboxylic acids is 2. The van der Waals surface area contributed by atoms with Crippen LogP contribution in [0.3, 0.4) is 0 Å². The van der Waals surface area contributed by atoms with Gasteiger partial charge >= 0.3 is 0 Å². The summed E-state index contributed by atoms with van der Waals surface area (Å²) in [7, 11) is 0. The first-order valence-electron chi connectivity index (χ1n) is 8.25. The smallest absolute Gasteiger partial charge is 0.246 e. The molecular formula is C21H15N3O2S. The average molecular weight is 373 g/mol. The van der Waals surface area contributed by atoms with E-state index >= 15 is 0 Å². The van der Waals surface area contributed by atoms with Crippen LogP contribution in [-0.2, 0) is 4.79 Å². The molecule has 0 saturated carbocycles. The van der Waals surface area contributed by atoms with Crippen LogP contribution in [0.25, 0.3) is 0 Å². The van der Waals surface area contributed by atoms with Gasteiger partial charge in [-0.3, -0.25) is 14.5 Å². The Morgan fingerprint density at radius 3 is 2.30 bits per heavy atom. The third kappa shape index (κ3) is 3.76. The molecule has 1 aliphatic heterocycles. The Bertz CT molecular complexity index is 982. The summed E-state index contributed by atoms with van der Waals surface area (Å²) >= 11 is 1.10. The maximum absolute atomic E-state index is 13.0. The van der Waals surface area contributed by atoms with E-state index in [1.165, 1.54) is 4.90 Å². The molecular weight excluding hydrogens is 358 g/mol. The van der Waals surface area contributed by atoms with Crippen molar-refractivity contribution in [3.05, 3.63) is 76.3 Å². The number of nitrogens with zero attached hydrogens (tertiary/aromatic N) is 3. The summed E-state index contributed by atoms with van der Waals surface area (Å²) in [5.41, 5.74) is 2.02. The number of thioether (sulfide) groups is 1. The molecule has 6 heteroatoms. The maximum atomic E-state index is 13.0. The Hall–Kier alpha value is -3.35. The molecule has 0 aromatic heterocycles. The lowest BCUT2D eigenvalue weighted by atomic mass is 10.0. The van der Waals surface area contributed by atoms with Crippen molar-refractivity contribution in [3.8, 4) is 12.1 Å². The van der Waals surface area contributed by atoms with Gasteiger partial charge in [0.2, 0.25) is 5.91 Å². The van der Waals surface area contributed by atoms with E-state index in [2.05, 4.69) is 0 Å². The number of carbonyl (C=O) groups is 2. The predicted molar refractivity (Wildman–Crippen MR) is 104 cm³/mol. The summed E-state index contributed by atoms with van der Waals surface area (Å²) in [6.45, 7) is 1.94. The van der Waals surface area contributed by atoms with Gasteiger partial charge in [-0.05, 0) is 19.1 Å². The van der Waals surface area contributed by atoms with Crippen LogP contribution in [-0.4, -0.2) is 16.9 Å². The van der Waals surface area contributed by atoms with Gasteiger partial charge in [-0.1, -0.05) is 59.8 Å². The van der Waals surface area contributed by atoms with Crippen LogP contribution in [0.15, 0.2) is 65.2 Å². The van der Waals surface area contributed by atoms with E-state index in [-0.39, 0.29) is 28.7 Å². The minimum atomic E-state index is -0.675. The number of hydrogen-bond donors (Lipinski definition) is 0. The van der Waals surface area contributed by atoms with Gasteiger partial charge in [0.1, 0.15) is 17.2 Å². The normalized spacial score (nSPS) is 16.0. The summed E-state index contributed by atoms with van der Waals surface area (Å²) in [6.07, 6.45) is 0.00350. The highest BCUT2D eigenvalue weighted by molar-refractivity contribution is 8.05. The molecule has 3 rings (SSSR count). The number of hydrogen-bond acceptors (Lipinski definition) is 5. The molecule has 2 aromatic carbocycles. The Balaban J connectivity index is 1.92. The molecule has 1 saturated heterocycles. The lowest BCUT2D eigenvalue weighted by Gasteiger charge is -2.17. The van der Waals surface area contributed by atoms with Crippen molar-refractivity contribution < 1.29 is 9.59 Å². The quantitative estimate of drug-likeness (QED) is 0.598. The monoisotopic (exact) mass is 373 g/mol. The van der Waals surface area contributed by atoms with E-state index in [1.54, 1.807) is 36.4 Å². The number of ketones is 1. The first kappa shape index (κ1) is 18.4. The fourth-order valence-electron chi connectivity index (χ4n) is 2.75. The third-order valence-corrected chi connectivity index (χ3v) is 5.41. The second-order valence-corrected chi connectivity index (χ2v) is 7.20. The van der Waals surface area contributed by atoms with Gasteiger partial charge in [0, 0.05) is 17.7 Å². The van der Waals surface area contributed by atoms with Crippen LogP contribution >= 0.6 is 11.8 Å². The molecule has 2 aromatic rings.